The van der Waals surface area contributed by atoms with Crippen molar-refractivity contribution in [1.82, 2.24) is 5.32 Å². The molecule has 0 saturated heterocycles. The van der Waals surface area contributed by atoms with Gasteiger partial charge in [0, 0.05) is 18.0 Å². The molecule has 1 aromatic rings. The quantitative estimate of drug-likeness (QED) is 0.281. The van der Waals surface area contributed by atoms with E-state index in [-0.39, 0.29) is 12.5 Å². The summed E-state index contributed by atoms with van der Waals surface area (Å²) in [6.07, 6.45) is 0. The molecule has 0 aliphatic heterocycles. The summed E-state index contributed by atoms with van der Waals surface area (Å²) in [5.74, 6) is -0.352. The van der Waals surface area contributed by atoms with Gasteiger partial charge in [-0.2, -0.15) is 0 Å². The average molecular weight is 262 g/mol. The number of nitrogens with zero attached hydrogens (tertiary/aromatic N) is 3. The molecule has 0 bridgehead atoms. The van der Waals surface area contributed by atoms with Crippen LogP contribution in [0.4, 0.5) is 0 Å². The van der Waals surface area contributed by atoms with Gasteiger partial charge in [-0.15, -0.1) is 0 Å². The summed E-state index contributed by atoms with van der Waals surface area (Å²) in [6.45, 7) is 4.66. The van der Waals surface area contributed by atoms with E-state index >= 15 is 0 Å². The number of hydrogen-bond acceptors (Lipinski definition) is 4. The zero-order valence-corrected chi connectivity index (χ0v) is 11.4. The standard InChI is InChI=1S/C13H18N4O2/c1-9-5-4-6-11(10(9)2)12(13(18)19-3)15-7-8-16-17-14/h4-6,12,15H,7-8H2,1-3H3. The molecule has 6 heteroatoms. The molecule has 1 aromatic carbocycles. The Morgan fingerprint density at radius 2 is 2.26 bits per heavy atom. The van der Waals surface area contributed by atoms with Crippen LogP contribution in [0, 0.1) is 13.8 Å². The zero-order valence-electron chi connectivity index (χ0n) is 11.4. The van der Waals surface area contributed by atoms with Gasteiger partial charge in [0.2, 0.25) is 0 Å². The van der Waals surface area contributed by atoms with E-state index in [2.05, 4.69) is 15.3 Å². The van der Waals surface area contributed by atoms with E-state index in [0.717, 1.165) is 16.7 Å². The predicted octanol–water partition coefficient (Wildman–Crippen LogP) is 2.42. The van der Waals surface area contributed by atoms with Crippen LogP contribution in [-0.2, 0) is 9.53 Å². The molecule has 1 atom stereocenters. The van der Waals surface area contributed by atoms with Crippen molar-refractivity contribution >= 4 is 5.97 Å². The Kier molecular flexibility index (Phi) is 5.85. The van der Waals surface area contributed by atoms with Gasteiger partial charge in [0.15, 0.2) is 0 Å². The van der Waals surface area contributed by atoms with E-state index in [1.807, 2.05) is 32.0 Å². The third-order valence-electron chi connectivity index (χ3n) is 3.02. The highest BCUT2D eigenvalue weighted by Gasteiger charge is 2.22. The number of nitrogens with one attached hydrogen (secondary N) is 1. The summed E-state index contributed by atoms with van der Waals surface area (Å²) < 4.78 is 4.81. The lowest BCUT2D eigenvalue weighted by Crippen LogP contribution is -2.32. The second-order valence-electron chi connectivity index (χ2n) is 4.15. The van der Waals surface area contributed by atoms with Crippen molar-refractivity contribution in [3.63, 3.8) is 0 Å². The van der Waals surface area contributed by atoms with Gasteiger partial charge in [-0.05, 0) is 36.1 Å². The number of rotatable bonds is 6. The van der Waals surface area contributed by atoms with Crippen LogP contribution in [0.3, 0.4) is 0 Å². The first-order valence-electron chi connectivity index (χ1n) is 6.00. The van der Waals surface area contributed by atoms with Gasteiger partial charge in [0.25, 0.3) is 0 Å². The van der Waals surface area contributed by atoms with Crippen LogP contribution in [0.25, 0.3) is 10.4 Å². The largest absolute Gasteiger partial charge is 0.468 e. The van der Waals surface area contributed by atoms with Crippen molar-refractivity contribution in [2.24, 2.45) is 5.11 Å². The van der Waals surface area contributed by atoms with E-state index in [1.165, 1.54) is 7.11 Å². The van der Waals surface area contributed by atoms with Gasteiger partial charge in [-0.1, -0.05) is 23.3 Å². The number of methoxy groups -OCH3 is 1. The number of aryl methyl sites for hydroxylation is 1. The summed E-state index contributed by atoms with van der Waals surface area (Å²) in [6, 6.07) is 5.25. The minimum Gasteiger partial charge on any atom is -0.468 e. The summed E-state index contributed by atoms with van der Waals surface area (Å²) in [7, 11) is 1.36. The summed E-state index contributed by atoms with van der Waals surface area (Å²) in [5.41, 5.74) is 11.3. The van der Waals surface area contributed by atoms with Crippen molar-refractivity contribution in [3.05, 3.63) is 45.3 Å². The SMILES string of the molecule is COC(=O)C(NCCN=[N+]=[N-])c1cccc(C)c1C. The lowest BCUT2D eigenvalue weighted by Gasteiger charge is -2.19. The first-order valence-corrected chi connectivity index (χ1v) is 6.00. The number of benzene rings is 1. The molecule has 1 N–H and O–H groups in total. The number of carbonyl (C=O) groups excluding carboxylic acids is 1. The van der Waals surface area contributed by atoms with E-state index in [1.54, 1.807) is 0 Å². The third-order valence-corrected chi connectivity index (χ3v) is 3.02. The Bertz CT molecular complexity index is 495. The van der Waals surface area contributed by atoms with E-state index in [9.17, 15) is 4.79 Å². The maximum absolute atomic E-state index is 11.9. The van der Waals surface area contributed by atoms with Crippen molar-refractivity contribution < 1.29 is 9.53 Å². The second kappa shape index (κ2) is 7.41. The molecular formula is C13H18N4O2. The molecule has 0 fully saturated rings. The van der Waals surface area contributed by atoms with Gasteiger partial charge in [0.05, 0.1) is 7.11 Å². The van der Waals surface area contributed by atoms with Crippen LogP contribution in [-0.4, -0.2) is 26.2 Å². The highest BCUT2D eigenvalue weighted by Crippen LogP contribution is 2.21. The molecule has 0 aliphatic rings. The molecule has 0 heterocycles. The average Bonchev–Trinajstić information content (AvgIpc) is 2.42. The minimum absolute atomic E-state index is 0.287. The normalized spacial score (nSPS) is 11.5. The number of ether oxygens (including phenoxy) is 1. The maximum atomic E-state index is 11.9. The molecular weight excluding hydrogens is 244 g/mol. The molecule has 19 heavy (non-hydrogen) atoms. The van der Waals surface area contributed by atoms with Crippen LogP contribution < -0.4 is 5.32 Å². The monoisotopic (exact) mass is 262 g/mol. The van der Waals surface area contributed by atoms with Crippen LogP contribution in [0.15, 0.2) is 23.3 Å². The fourth-order valence-corrected chi connectivity index (χ4v) is 1.83. The Morgan fingerprint density at radius 3 is 2.89 bits per heavy atom. The minimum atomic E-state index is -0.543. The van der Waals surface area contributed by atoms with E-state index in [4.69, 9.17) is 10.3 Å². The molecule has 0 spiro atoms. The van der Waals surface area contributed by atoms with Gasteiger partial charge in [-0.3, -0.25) is 0 Å². The van der Waals surface area contributed by atoms with E-state index < -0.39 is 6.04 Å². The fraction of sp³-hybridized carbons (Fsp3) is 0.462. The molecule has 102 valence electrons. The highest BCUT2D eigenvalue weighted by molar-refractivity contribution is 5.78. The van der Waals surface area contributed by atoms with Crippen molar-refractivity contribution in [3.8, 4) is 0 Å². The van der Waals surface area contributed by atoms with Crippen LogP contribution >= 0.6 is 0 Å². The molecule has 1 rings (SSSR count). The Balaban J connectivity index is 2.93. The lowest BCUT2D eigenvalue weighted by atomic mass is 9.97. The van der Waals surface area contributed by atoms with Crippen LogP contribution in [0.2, 0.25) is 0 Å². The smallest absolute Gasteiger partial charge is 0.327 e. The fourth-order valence-electron chi connectivity index (χ4n) is 1.83. The van der Waals surface area contributed by atoms with E-state index in [0.29, 0.717) is 6.54 Å². The zero-order chi connectivity index (χ0) is 14.3. The molecule has 6 nitrogen and oxygen atoms in total. The topological polar surface area (TPSA) is 87.1 Å². The Hall–Kier alpha value is -2.04. The maximum Gasteiger partial charge on any atom is 0.327 e. The van der Waals surface area contributed by atoms with Gasteiger partial charge >= 0.3 is 5.97 Å². The second-order valence-corrected chi connectivity index (χ2v) is 4.15. The molecule has 1 unspecified atom stereocenters. The predicted molar refractivity (Wildman–Crippen MR) is 72.7 cm³/mol. The van der Waals surface area contributed by atoms with Crippen LogP contribution in [0.5, 0.6) is 0 Å². The first-order chi connectivity index (χ1) is 9.11. The Labute approximate surface area is 112 Å². The van der Waals surface area contributed by atoms with Crippen LogP contribution in [0.1, 0.15) is 22.7 Å². The molecule has 0 aliphatic carbocycles. The number of hydrogen-bond donors (Lipinski definition) is 1. The number of esters is 1. The molecule has 0 saturated carbocycles. The molecule has 0 amide bonds. The number of carbonyl (C=O) groups is 1. The summed E-state index contributed by atoms with van der Waals surface area (Å²) in [4.78, 5) is 14.5. The van der Waals surface area contributed by atoms with Gasteiger partial charge < -0.3 is 10.1 Å². The first kappa shape index (κ1) is 15.0. The van der Waals surface area contributed by atoms with Gasteiger partial charge in [-0.25, -0.2) is 4.79 Å². The molecule has 0 radical (unpaired) electrons. The summed E-state index contributed by atoms with van der Waals surface area (Å²) in [5, 5.41) is 6.48. The van der Waals surface area contributed by atoms with Crippen molar-refractivity contribution in [2.45, 2.75) is 19.9 Å². The van der Waals surface area contributed by atoms with Crippen molar-refractivity contribution in [2.75, 3.05) is 20.2 Å². The highest BCUT2D eigenvalue weighted by atomic mass is 16.5. The molecule has 0 aromatic heterocycles. The third kappa shape index (κ3) is 3.98. The van der Waals surface area contributed by atoms with Gasteiger partial charge in [0.1, 0.15) is 6.04 Å². The Morgan fingerprint density at radius 1 is 1.53 bits per heavy atom. The van der Waals surface area contributed by atoms with Crippen molar-refractivity contribution in [1.29, 1.82) is 0 Å². The summed E-state index contributed by atoms with van der Waals surface area (Å²) >= 11 is 0. The lowest BCUT2D eigenvalue weighted by molar-refractivity contribution is -0.143. The number of azide groups is 1.